The molecule has 1 heterocycles. The summed E-state index contributed by atoms with van der Waals surface area (Å²) in [6.07, 6.45) is 0. The molecule has 2 aromatic rings. The first-order valence-corrected chi connectivity index (χ1v) is 6.60. The van der Waals surface area contributed by atoms with Crippen molar-refractivity contribution in [3.8, 4) is 6.07 Å². The molecule has 0 aliphatic carbocycles. The normalized spacial score (nSPS) is 11.8. The molecule has 0 radical (unpaired) electrons. The quantitative estimate of drug-likeness (QED) is 0.840. The Hall–Kier alpha value is -1.76. The van der Waals surface area contributed by atoms with Gasteiger partial charge in [-0.25, -0.2) is 0 Å². The van der Waals surface area contributed by atoms with Crippen LogP contribution >= 0.6 is 22.9 Å². The molecule has 0 saturated carbocycles. The Labute approximate surface area is 115 Å². The molecule has 1 aromatic carbocycles. The minimum absolute atomic E-state index is 0.425. The summed E-state index contributed by atoms with van der Waals surface area (Å²) < 4.78 is 0. The third-order valence-electron chi connectivity index (χ3n) is 2.63. The van der Waals surface area contributed by atoms with E-state index < -0.39 is 0 Å². The summed E-state index contributed by atoms with van der Waals surface area (Å²) in [5.74, 6) is 0. The molecule has 4 heteroatoms. The van der Waals surface area contributed by atoms with E-state index in [1.165, 1.54) is 11.3 Å². The molecule has 2 N–H and O–H groups in total. The fraction of sp³-hybridized carbons (Fsp3) is 0.0714. The summed E-state index contributed by atoms with van der Waals surface area (Å²) in [6, 6.07) is 11.5. The van der Waals surface area contributed by atoms with E-state index in [-0.39, 0.29) is 0 Å². The van der Waals surface area contributed by atoms with Crippen molar-refractivity contribution in [1.82, 2.24) is 0 Å². The van der Waals surface area contributed by atoms with Gasteiger partial charge in [-0.2, -0.15) is 5.26 Å². The molecule has 0 bridgehead atoms. The minimum atomic E-state index is 0.425. The maximum absolute atomic E-state index is 9.27. The highest BCUT2D eigenvalue weighted by atomic mass is 35.5. The number of nitrogens with two attached hydrogens (primary N) is 1. The van der Waals surface area contributed by atoms with Crippen molar-refractivity contribution in [2.24, 2.45) is 5.73 Å². The number of aryl methyl sites for hydroxylation is 1. The van der Waals surface area contributed by atoms with E-state index >= 15 is 0 Å². The second-order valence-corrected chi connectivity index (χ2v) is 5.14. The molecule has 1 aromatic heterocycles. The zero-order chi connectivity index (χ0) is 13.1. The van der Waals surface area contributed by atoms with Gasteiger partial charge in [0.15, 0.2) is 0 Å². The molecule has 0 fully saturated rings. The molecular formula is C14H11ClN2S. The highest BCUT2D eigenvalue weighted by Crippen LogP contribution is 2.30. The lowest BCUT2D eigenvalue weighted by Crippen LogP contribution is -2.01. The van der Waals surface area contributed by atoms with E-state index in [4.69, 9.17) is 17.3 Å². The fourth-order valence-electron chi connectivity index (χ4n) is 1.66. The van der Waals surface area contributed by atoms with Crippen LogP contribution in [0.25, 0.3) is 11.3 Å². The summed E-state index contributed by atoms with van der Waals surface area (Å²) in [7, 11) is 0. The van der Waals surface area contributed by atoms with Gasteiger partial charge in [0, 0.05) is 10.4 Å². The van der Waals surface area contributed by atoms with Crippen molar-refractivity contribution in [2.75, 3.05) is 0 Å². The third kappa shape index (κ3) is 2.26. The van der Waals surface area contributed by atoms with Gasteiger partial charge in [0.1, 0.15) is 6.07 Å². The second kappa shape index (κ2) is 5.26. The first kappa shape index (κ1) is 12.7. The van der Waals surface area contributed by atoms with E-state index in [0.717, 1.165) is 10.4 Å². The zero-order valence-corrected chi connectivity index (χ0v) is 11.3. The highest BCUT2D eigenvalue weighted by molar-refractivity contribution is 7.11. The summed E-state index contributed by atoms with van der Waals surface area (Å²) in [5, 5.41) is 11.8. The number of nitrogens with zero attached hydrogens (tertiary/aromatic N) is 1. The Morgan fingerprint density at radius 1 is 1.33 bits per heavy atom. The first-order valence-electron chi connectivity index (χ1n) is 5.34. The lowest BCUT2D eigenvalue weighted by molar-refractivity contribution is 1.42. The van der Waals surface area contributed by atoms with Gasteiger partial charge < -0.3 is 5.73 Å². The summed E-state index contributed by atoms with van der Waals surface area (Å²) in [4.78, 5) is 0.854. The van der Waals surface area contributed by atoms with Crippen molar-refractivity contribution in [3.63, 3.8) is 0 Å². The number of thiophene rings is 1. The molecule has 18 heavy (non-hydrogen) atoms. The third-order valence-corrected chi connectivity index (χ3v) is 4.02. The number of rotatable bonds is 2. The Kier molecular flexibility index (Phi) is 3.71. The van der Waals surface area contributed by atoms with Crippen LogP contribution in [0, 0.1) is 18.3 Å². The Morgan fingerprint density at radius 3 is 2.72 bits per heavy atom. The molecule has 0 spiro atoms. The Balaban J connectivity index is 2.62. The minimum Gasteiger partial charge on any atom is -0.397 e. The average molecular weight is 275 g/mol. The van der Waals surface area contributed by atoms with E-state index in [2.05, 4.69) is 6.07 Å². The number of hydrogen-bond acceptors (Lipinski definition) is 3. The highest BCUT2D eigenvalue weighted by Gasteiger charge is 2.12. The van der Waals surface area contributed by atoms with Crippen LogP contribution in [-0.4, -0.2) is 0 Å². The van der Waals surface area contributed by atoms with Gasteiger partial charge in [0.25, 0.3) is 0 Å². The van der Waals surface area contributed by atoms with Crippen LogP contribution in [0.3, 0.4) is 0 Å². The van der Waals surface area contributed by atoms with Gasteiger partial charge in [-0.3, -0.25) is 0 Å². The van der Waals surface area contributed by atoms with Gasteiger partial charge in [-0.1, -0.05) is 35.9 Å². The number of benzene rings is 1. The second-order valence-electron chi connectivity index (χ2n) is 3.81. The van der Waals surface area contributed by atoms with Gasteiger partial charge in [0.05, 0.1) is 16.3 Å². The van der Waals surface area contributed by atoms with Crippen molar-refractivity contribution in [2.45, 2.75) is 6.92 Å². The van der Waals surface area contributed by atoms with Crippen molar-refractivity contribution >= 4 is 34.2 Å². The summed E-state index contributed by atoms with van der Waals surface area (Å²) in [5.41, 5.74) is 8.64. The van der Waals surface area contributed by atoms with Crippen molar-refractivity contribution in [1.29, 1.82) is 5.26 Å². The summed E-state index contributed by atoms with van der Waals surface area (Å²) >= 11 is 7.72. The van der Waals surface area contributed by atoms with E-state index in [1.54, 1.807) is 0 Å². The SMILES string of the molecule is Cc1cccc(/C(N)=C(/C#N)c2cccs2)c1Cl. The molecule has 0 amide bonds. The standard InChI is InChI=1S/C14H11ClN2S/c1-9-4-2-5-10(13(9)15)14(17)11(8-16)12-6-3-7-18-12/h2-7H,17H2,1H3/b14-11+. The number of hydrogen-bond donors (Lipinski definition) is 1. The van der Waals surface area contributed by atoms with Gasteiger partial charge >= 0.3 is 0 Å². The van der Waals surface area contributed by atoms with Crippen LogP contribution in [0.2, 0.25) is 5.02 Å². The molecule has 0 atom stereocenters. The average Bonchev–Trinajstić information content (AvgIpc) is 2.87. The maximum atomic E-state index is 9.27. The lowest BCUT2D eigenvalue weighted by Gasteiger charge is -2.08. The van der Waals surface area contributed by atoms with Crippen LogP contribution in [0.5, 0.6) is 0 Å². The topological polar surface area (TPSA) is 49.8 Å². The molecule has 0 saturated heterocycles. The van der Waals surface area contributed by atoms with Crippen molar-refractivity contribution < 1.29 is 0 Å². The molecule has 0 unspecified atom stereocenters. The van der Waals surface area contributed by atoms with E-state index in [1.807, 2.05) is 42.6 Å². The van der Waals surface area contributed by atoms with Crippen LogP contribution < -0.4 is 5.73 Å². The van der Waals surface area contributed by atoms with Crippen LogP contribution in [0.15, 0.2) is 35.7 Å². The monoisotopic (exact) mass is 274 g/mol. The van der Waals surface area contributed by atoms with Crippen LogP contribution in [0.1, 0.15) is 16.0 Å². The maximum Gasteiger partial charge on any atom is 0.103 e. The number of allylic oxidation sites excluding steroid dienone is 1. The molecule has 0 aliphatic rings. The smallest absolute Gasteiger partial charge is 0.103 e. The first-order chi connectivity index (χ1) is 8.65. The largest absolute Gasteiger partial charge is 0.397 e. The zero-order valence-electron chi connectivity index (χ0n) is 9.77. The Bertz CT molecular complexity index is 636. The van der Waals surface area contributed by atoms with Crippen molar-refractivity contribution in [3.05, 3.63) is 56.7 Å². The van der Waals surface area contributed by atoms with Gasteiger partial charge in [-0.15, -0.1) is 11.3 Å². The molecule has 0 aliphatic heterocycles. The van der Waals surface area contributed by atoms with Gasteiger partial charge in [-0.05, 0) is 23.9 Å². The molecule has 2 nitrogen and oxygen atoms in total. The molecular weight excluding hydrogens is 264 g/mol. The molecule has 90 valence electrons. The van der Waals surface area contributed by atoms with Crippen LogP contribution in [0.4, 0.5) is 0 Å². The van der Waals surface area contributed by atoms with E-state index in [0.29, 0.717) is 21.9 Å². The number of nitriles is 1. The predicted molar refractivity (Wildman–Crippen MR) is 77.1 cm³/mol. The number of halogens is 1. The van der Waals surface area contributed by atoms with Crippen LogP contribution in [-0.2, 0) is 0 Å². The lowest BCUT2D eigenvalue weighted by atomic mass is 10.0. The predicted octanol–water partition coefficient (Wildman–Crippen LogP) is 4.06. The fourth-order valence-corrected chi connectivity index (χ4v) is 2.62. The summed E-state index contributed by atoms with van der Waals surface area (Å²) in [6.45, 7) is 1.91. The Morgan fingerprint density at radius 2 is 2.11 bits per heavy atom. The molecule has 2 rings (SSSR count). The van der Waals surface area contributed by atoms with Gasteiger partial charge in [0.2, 0.25) is 0 Å². The van der Waals surface area contributed by atoms with E-state index in [9.17, 15) is 5.26 Å².